The van der Waals surface area contributed by atoms with E-state index < -0.39 is 0 Å². The fraction of sp³-hybridized carbons (Fsp3) is 0.733. The largest absolute Gasteiger partial charge is 0.354 e. The number of anilines is 2. The average Bonchev–Trinajstić information content (AvgIpc) is 2.90. The van der Waals surface area contributed by atoms with Crippen molar-refractivity contribution < 1.29 is 0 Å². The fourth-order valence-corrected chi connectivity index (χ4v) is 3.97. The van der Waals surface area contributed by atoms with E-state index >= 15 is 0 Å². The molecule has 1 N–H and O–H groups in total. The molecule has 20 heavy (non-hydrogen) atoms. The lowest BCUT2D eigenvalue weighted by molar-refractivity contribution is 0.341. The first-order valence-corrected chi connectivity index (χ1v) is 8.62. The van der Waals surface area contributed by atoms with Crippen molar-refractivity contribution in [2.75, 3.05) is 23.3 Å². The highest BCUT2D eigenvalue weighted by molar-refractivity contribution is 9.10. The van der Waals surface area contributed by atoms with Gasteiger partial charge in [-0.25, -0.2) is 4.98 Å². The summed E-state index contributed by atoms with van der Waals surface area (Å²) in [5.41, 5.74) is 0. The van der Waals surface area contributed by atoms with Crippen LogP contribution in [0.4, 0.5) is 11.8 Å². The van der Waals surface area contributed by atoms with Gasteiger partial charge in [0.15, 0.2) is 0 Å². The van der Waals surface area contributed by atoms with Crippen molar-refractivity contribution >= 4 is 27.7 Å². The van der Waals surface area contributed by atoms with Gasteiger partial charge in [0, 0.05) is 25.3 Å². The molecule has 1 aromatic rings. The Morgan fingerprint density at radius 2 is 2.20 bits per heavy atom. The zero-order valence-electron chi connectivity index (χ0n) is 12.1. The summed E-state index contributed by atoms with van der Waals surface area (Å²) in [6, 6.07) is 0.689. The van der Waals surface area contributed by atoms with Crippen LogP contribution in [0.1, 0.15) is 45.4 Å². The van der Waals surface area contributed by atoms with E-state index in [1.165, 1.54) is 32.1 Å². The lowest BCUT2D eigenvalue weighted by Crippen LogP contribution is -2.35. The van der Waals surface area contributed by atoms with Gasteiger partial charge >= 0.3 is 0 Å². The second kappa shape index (κ2) is 6.29. The van der Waals surface area contributed by atoms with Gasteiger partial charge in [-0.1, -0.05) is 19.8 Å². The van der Waals surface area contributed by atoms with Gasteiger partial charge in [-0.15, -0.1) is 0 Å². The highest BCUT2D eigenvalue weighted by atomic mass is 79.9. The number of hydrogen-bond acceptors (Lipinski definition) is 4. The number of fused-ring (bicyclic) bond motifs is 1. The van der Waals surface area contributed by atoms with Crippen molar-refractivity contribution in [3.8, 4) is 0 Å². The lowest BCUT2D eigenvalue weighted by Gasteiger charge is -2.32. The third-order valence-corrected chi connectivity index (χ3v) is 5.10. The Morgan fingerprint density at radius 3 is 3.05 bits per heavy atom. The molecule has 0 bridgehead atoms. The number of aromatic nitrogens is 2. The lowest BCUT2D eigenvalue weighted by atomic mass is 9.85. The van der Waals surface area contributed by atoms with Crippen LogP contribution in [0.2, 0.25) is 0 Å². The summed E-state index contributed by atoms with van der Waals surface area (Å²) in [5.74, 6) is 2.70. The van der Waals surface area contributed by atoms with Crippen LogP contribution in [-0.2, 0) is 0 Å². The average molecular weight is 339 g/mol. The molecule has 1 aliphatic carbocycles. The van der Waals surface area contributed by atoms with Gasteiger partial charge < -0.3 is 10.2 Å². The zero-order valence-corrected chi connectivity index (χ0v) is 13.7. The third-order valence-electron chi connectivity index (χ3n) is 4.54. The Balaban J connectivity index is 1.81. The van der Waals surface area contributed by atoms with Crippen molar-refractivity contribution in [2.45, 2.75) is 51.5 Å². The van der Waals surface area contributed by atoms with E-state index in [9.17, 15) is 0 Å². The standard InChI is InChI=1S/C15H23BrN4/c1-2-8-17-15-18-10-12(16)14(19-15)20-9-7-11-5-3-4-6-13(11)20/h10-11,13H,2-9H2,1H3,(H,17,18,19). The Bertz CT molecular complexity index is 465. The van der Waals surface area contributed by atoms with Gasteiger partial charge in [-0.2, -0.15) is 4.98 Å². The molecule has 3 rings (SSSR count). The SMILES string of the molecule is CCCNc1ncc(Br)c(N2CCC3CCCCC32)n1. The number of nitrogens with one attached hydrogen (secondary N) is 1. The minimum atomic E-state index is 0.689. The third kappa shape index (κ3) is 2.78. The minimum Gasteiger partial charge on any atom is -0.354 e. The van der Waals surface area contributed by atoms with E-state index in [0.29, 0.717) is 6.04 Å². The minimum absolute atomic E-state index is 0.689. The highest BCUT2D eigenvalue weighted by Gasteiger charge is 2.37. The number of halogens is 1. The summed E-state index contributed by atoms with van der Waals surface area (Å²) in [5, 5.41) is 3.29. The van der Waals surface area contributed by atoms with Gasteiger partial charge in [-0.3, -0.25) is 0 Å². The predicted molar refractivity (Wildman–Crippen MR) is 86.2 cm³/mol. The number of nitrogens with zero attached hydrogens (tertiary/aromatic N) is 3. The fourth-order valence-electron chi connectivity index (χ4n) is 3.55. The maximum absolute atomic E-state index is 4.74. The second-order valence-corrected chi connectivity index (χ2v) is 6.74. The van der Waals surface area contributed by atoms with Crippen LogP contribution in [0.3, 0.4) is 0 Å². The van der Waals surface area contributed by atoms with Gasteiger partial charge in [-0.05, 0) is 47.5 Å². The van der Waals surface area contributed by atoms with Crippen LogP contribution >= 0.6 is 15.9 Å². The smallest absolute Gasteiger partial charge is 0.224 e. The molecule has 1 saturated carbocycles. The van der Waals surface area contributed by atoms with E-state index in [4.69, 9.17) is 4.98 Å². The van der Waals surface area contributed by atoms with Crippen molar-refractivity contribution in [1.82, 2.24) is 9.97 Å². The monoisotopic (exact) mass is 338 g/mol. The van der Waals surface area contributed by atoms with Crippen molar-refractivity contribution in [2.24, 2.45) is 5.92 Å². The summed E-state index contributed by atoms with van der Waals surface area (Å²) in [7, 11) is 0. The molecule has 4 nitrogen and oxygen atoms in total. The molecule has 2 unspecified atom stereocenters. The van der Waals surface area contributed by atoms with Crippen LogP contribution in [-0.4, -0.2) is 29.1 Å². The van der Waals surface area contributed by atoms with Crippen LogP contribution in [0.15, 0.2) is 10.7 Å². The van der Waals surface area contributed by atoms with Crippen LogP contribution in [0.5, 0.6) is 0 Å². The van der Waals surface area contributed by atoms with Crippen LogP contribution in [0.25, 0.3) is 0 Å². The Kier molecular flexibility index (Phi) is 4.44. The zero-order chi connectivity index (χ0) is 13.9. The Labute approximate surface area is 129 Å². The first-order valence-electron chi connectivity index (χ1n) is 7.82. The van der Waals surface area contributed by atoms with Crippen LogP contribution in [0, 0.1) is 5.92 Å². The Hall–Kier alpha value is -0.840. The summed E-state index contributed by atoms with van der Waals surface area (Å²) < 4.78 is 1.02. The normalized spacial score (nSPS) is 25.6. The summed E-state index contributed by atoms with van der Waals surface area (Å²) in [4.78, 5) is 11.6. The molecule has 1 aliphatic heterocycles. The first kappa shape index (κ1) is 14.1. The maximum atomic E-state index is 4.74. The second-order valence-electron chi connectivity index (χ2n) is 5.89. The molecule has 2 heterocycles. The first-order chi connectivity index (χ1) is 9.79. The summed E-state index contributed by atoms with van der Waals surface area (Å²) >= 11 is 3.63. The topological polar surface area (TPSA) is 41.1 Å². The number of rotatable bonds is 4. The van der Waals surface area contributed by atoms with E-state index in [2.05, 4.69) is 38.1 Å². The molecular weight excluding hydrogens is 316 g/mol. The van der Waals surface area contributed by atoms with Crippen molar-refractivity contribution in [3.05, 3.63) is 10.7 Å². The molecule has 5 heteroatoms. The van der Waals surface area contributed by atoms with Gasteiger partial charge in [0.05, 0.1) is 4.47 Å². The van der Waals surface area contributed by atoms with Gasteiger partial charge in [0.1, 0.15) is 5.82 Å². The molecule has 0 amide bonds. The molecule has 2 atom stereocenters. The summed E-state index contributed by atoms with van der Waals surface area (Å²) in [6.07, 6.45) is 9.77. The van der Waals surface area contributed by atoms with Gasteiger partial charge in [0.2, 0.25) is 5.95 Å². The van der Waals surface area contributed by atoms with Crippen LogP contribution < -0.4 is 10.2 Å². The quantitative estimate of drug-likeness (QED) is 0.905. The van der Waals surface area contributed by atoms with Crippen molar-refractivity contribution in [3.63, 3.8) is 0 Å². The van der Waals surface area contributed by atoms with Gasteiger partial charge in [0.25, 0.3) is 0 Å². The molecular formula is C15H23BrN4. The number of hydrogen-bond donors (Lipinski definition) is 1. The van der Waals surface area contributed by atoms with Crippen molar-refractivity contribution in [1.29, 1.82) is 0 Å². The predicted octanol–water partition coefficient (Wildman–Crippen LogP) is 3.83. The Morgan fingerprint density at radius 1 is 1.35 bits per heavy atom. The molecule has 1 aromatic heterocycles. The maximum Gasteiger partial charge on any atom is 0.224 e. The van der Waals surface area contributed by atoms with E-state index in [-0.39, 0.29) is 0 Å². The molecule has 1 saturated heterocycles. The molecule has 2 aliphatic rings. The highest BCUT2D eigenvalue weighted by Crippen LogP contribution is 2.40. The van der Waals surface area contributed by atoms with E-state index in [0.717, 1.165) is 41.7 Å². The molecule has 0 aromatic carbocycles. The molecule has 0 spiro atoms. The van der Waals surface area contributed by atoms with E-state index in [1.54, 1.807) is 0 Å². The van der Waals surface area contributed by atoms with E-state index in [1.807, 2.05) is 6.20 Å². The molecule has 110 valence electrons. The summed E-state index contributed by atoms with van der Waals surface area (Å²) in [6.45, 7) is 4.21. The molecule has 2 fully saturated rings. The molecule has 0 radical (unpaired) electrons.